The second kappa shape index (κ2) is 5.53. The fourth-order valence-corrected chi connectivity index (χ4v) is 2.05. The molecule has 0 aliphatic carbocycles. The molecule has 0 saturated heterocycles. The van der Waals surface area contributed by atoms with Crippen LogP contribution in [0, 0.1) is 0 Å². The molecule has 0 bridgehead atoms. The van der Waals surface area contributed by atoms with Crippen LogP contribution in [0.2, 0.25) is 0 Å². The molecule has 0 atom stereocenters. The number of oxime groups is 1. The minimum atomic E-state index is -0.863. The standard InChI is InChI=1S/C9H22NOP/c1-9(2)10-11-7-6-8-12(3,4)5/h12H,6-8H2,1-5H3. The van der Waals surface area contributed by atoms with Gasteiger partial charge >= 0.3 is 76.0 Å². The second-order valence-electron chi connectivity index (χ2n) is 4.54. The van der Waals surface area contributed by atoms with Crippen LogP contribution < -0.4 is 0 Å². The zero-order valence-electron chi connectivity index (χ0n) is 8.98. The van der Waals surface area contributed by atoms with Crippen molar-refractivity contribution in [2.45, 2.75) is 20.3 Å². The van der Waals surface area contributed by atoms with Gasteiger partial charge in [-0.3, -0.25) is 0 Å². The Hall–Kier alpha value is -0.100. The van der Waals surface area contributed by atoms with Crippen LogP contribution in [0.4, 0.5) is 0 Å². The van der Waals surface area contributed by atoms with E-state index >= 15 is 0 Å². The first-order valence-electron chi connectivity index (χ1n) is 4.55. The summed E-state index contributed by atoms with van der Waals surface area (Å²) >= 11 is 0. The Morgan fingerprint density at radius 3 is 2.25 bits per heavy atom. The van der Waals surface area contributed by atoms with Crippen molar-refractivity contribution in [3.8, 4) is 0 Å². The molecule has 0 aromatic carbocycles. The van der Waals surface area contributed by atoms with Crippen molar-refractivity contribution < 1.29 is 4.84 Å². The Bertz CT molecular complexity index is 145. The third-order valence-corrected chi connectivity index (χ3v) is 3.26. The van der Waals surface area contributed by atoms with Crippen molar-refractivity contribution in [3.05, 3.63) is 0 Å². The van der Waals surface area contributed by atoms with E-state index in [0.29, 0.717) is 0 Å². The summed E-state index contributed by atoms with van der Waals surface area (Å²) in [6.45, 7) is 11.8. The predicted molar refractivity (Wildman–Crippen MR) is 60.3 cm³/mol. The number of hydrogen-bond acceptors (Lipinski definition) is 2. The third-order valence-electron chi connectivity index (χ3n) is 1.41. The molecule has 0 aliphatic rings. The molecule has 0 fully saturated rings. The van der Waals surface area contributed by atoms with Gasteiger partial charge in [-0.15, -0.1) is 0 Å². The van der Waals surface area contributed by atoms with Gasteiger partial charge in [0.05, 0.1) is 0 Å². The molecular formula is C9H22NOP. The van der Waals surface area contributed by atoms with Gasteiger partial charge in [0.1, 0.15) is 0 Å². The van der Waals surface area contributed by atoms with Crippen LogP contribution in [0.15, 0.2) is 5.16 Å². The molecule has 0 saturated carbocycles. The average molecular weight is 191 g/mol. The monoisotopic (exact) mass is 191 g/mol. The molecule has 0 radical (unpaired) electrons. The summed E-state index contributed by atoms with van der Waals surface area (Å²) in [7, 11) is -0.863. The van der Waals surface area contributed by atoms with E-state index in [1.54, 1.807) is 0 Å². The summed E-state index contributed by atoms with van der Waals surface area (Å²) < 4.78 is 0. The predicted octanol–water partition coefficient (Wildman–Crippen LogP) is 2.43. The summed E-state index contributed by atoms with van der Waals surface area (Å²) in [5, 5.41) is 3.88. The van der Waals surface area contributed by atoms with Gasteiger partial charge < -0.3 is 0 Å². The van der Waals surface area contributed by atoms with Crippen molar-refractivity contribution in [3.63, 3.8) is 0 Å². The fourth-order valence-electron chi connectivity index (χ4n) is 0.842. The summed E-state index contributed by atoms with van der Waals surface area (Å²) in [6.07, 6.45) is 2.47. The topological polar surface area (TPSA) is 21.6 Å². The fraction of sp³-hybridized carbons (Fsp3) is 0.889. The Kier molecular flexibility index (Phi) is 5.48. The third kappa shape index (κ3) is 9.90. The molecule has 0 rings (SSSR count). The zero-order chi connectivity index (χ0) is 9.61. The van der Waals surface area contributed by atoms with Crippen LogP contribution in [0.25, 0.3) is 0 Å². The molecule has 0 amide bonds. The summed E-state index contributed by atoms with van der Waals surface area (Å²) in [6, 6.07) is 0. The Morgan fingerprint density at radius 1 is 1.25 bits per heavy atom. The van der Waals surface area contributed by atoms with E-state index in [1.165, 1.54) is 6.16 Å². The summed E-state index contributed by atoms with van der Waals surface area (Å²) in [4.78, 5) is 5.10. The molecule has 0 spiro atoms. The van der Waals surface area contributed by atoms with Gasteiger partial charge in [-0.1, -0.05) is 0 Å². The minimum absolute atomic E-state index is 0.773. The van der Waals surface area contributed by atoms with Crippen LogP contribution in [-0.2, 0) is 4.84 Å². The van der Waals surface area contributed by atoms with E-state index in [0.717, 1.165) is 18.7 Å². The van der Waals surface area contributed by atoms with Crippen LogP contribution in [0.5, 0.6) is 0 Å². The van der Waals surface area contributed by atoms with Crippen LogP contribution in [0.3, 0.4) is 0 Å². The number of hydrogen-bond donors (Lipinski definition) is 0. The van der Waals surface area contributed by atoms with Crippen molar-refractivity contribution in [1.29, 1.82) is 0 Å². The maximum absolute atomic E-state index is 5.10. The molecule has 0 unspecified atom stereocenters. The van der Waals surface area contributed by atoms with Crippen molar-refractivity contribution in [1.82, 2.24) is 0 Å². The molecule has 2 nitrogen and oxygen atoms in total. The summed E-state index contributed by atoms with van der Waals surface area (Å²) in [5.74, 6) is 0. The first-order valence-corrected chi connectivity index (χ1v) is 8.26. The van der Waals surface area contributed by atoms with E-state index in [2.05, 4.69) is 25.2 Å². The molecule has 12 heavy (non-hydrogen) atoms. The molecule has 0 aliphatic heterocycles. The van der Waals surface area contributed by atoms with Crippen LogP contribution in [0.1, 0.15) is 20.3 Å². The number of rotatable bonds is 5. The van der Waals surface area contributed by atoms with Crippen LogP contribution in [-0.4, -0.2) is 38.5 Å². The van der Waals surface area contributed by atoms with Gasteiger partial charge in [-0.05, 0) is 0 Å². The van der Waals surface area contributed by atoms with Gasteiger partial charge in [0.15, 0.2) is 0 Å². The van der Waals surface area contributed by atoms with E-state index in [9.17, 15) is 0 Å². The van der Waals surface area contributed by atoms with Gasteiger partial charge in [-0.2, -0.15) is 0 Å². The van der Waals surface area contributed by atoms with Gasteiger partial charge in [0, 0.05) is 0 Å². The normalized spacial score (nSPS) is 12.4. The van der Waals surface area contributed by atoms with E-state index < -0.39 is 7.26 Å². The van der Waals surface area contributed by atoms with E-state index in [-0.39, 0.29) is 0 Å². The average Bonchev–Trinajstić information content (AvgIpc) is 1.83. The first-order chi connectivity index (χ1) is 5.42. The maximum atomic E-state index is 5.10. The van der Waals surface area contributed by atoms with Crippen molar-refractivity contribution in [2.75, 3.05) is 32.8 Å². The van der Waals surface area contributed by atoms with Gasteiger partial charge in [0.25, 0.3) is 0 Å². The SMILES string of the molecule is CC(C)=NOCCC[PH](C)(C)C. The van der Waals surface area contributed by atoms with Gasteiger partial charge in [-0.25, -0.2) is 0 Å². The molecule has 0 heterocycles. The molecule has 0 N–H and O–H groups in total. The molecule has 0 aromatic rings. The Balaban J connectivity index is 3.29. The van der Waals surface area contributed by atoms with E-state index in [4.69, 9.17) is 4.84 Å². The van der Waals surface area contributed by atoms with Crippen LogP contribution >= 0.6 is 7.26 Å². The molecule has 74 valence electrons. The first kappa shape index (κ1) is 11.9. The molecule has 0 aromatic heterocycles. The number of nitrogens with zero attached hydrogens (tertiary/aromatic N) is 1. The summed E-state index contributed by atoms with van der Waals surface area (Å²) in [5.41, 5.74) is 0.989. The molecular weight excluding hydrogens is 169 g/mol. The zero-order valence-corrected chi connectivity index (χ0v) is 9.98. The van der Waals surface area contributed by atoms with E-state index in [1.807, 2.05) is 13.8 Å². The Labute approximate surface area is 76.7 Å². The Morgan fingerprint density at radius 2 is 1.83 bits per heavy atom. The van der Waals surface area contributed by atoms with Crippen molar-refractivity contribution in [2.24, 2.45) is 5.16 Å². The quantitative estimate of drug-likeness (QED) is 0.283. The molecule has 3 heteroatoms. The van der Waals surface area contributed by atoms with Crippen molar-refractivity contribution >= 4 is 13.0 Å². The van der Waals surface area contributed by atoms with Gasteiger partial charge in [0.2, 0.25) is 0 Å². The second-order valence-corrected chi connectivity index (χ2v) is 10.2.